The Bertz CT molecular complexity index is 848. The third-order valence-electron chi connectivity index (χ3n) is 3.94. The minimum atomic E-state index is -0.212. The Balaban J connectivity index is 1.58. The van der Waals surface area contributed by atoms with Crippen molar-refractivity contribution in [1.82, 2.24) is 10.2 Å². The molecule has 26 heavy (non-hydrogen) atoms. The average molecular weight is 350 g/mol. The quantitative estimate of drug-likeness (QED) is 0.720. The Labute approximate surface area is 152 Å². The maximum Gasteiger partial charge on any atom is 0.256 e. The molecule has 3 aromatic rings. The Morgan fingerprint density at radius 2 is 1.69 bits per heavy atom. The highest BCUT2D eigenvalue weighted by Crippen LogP contribution is 2.22. The Morgan fingerprint density at radius 3 is 2.27 bits per heavy atom. The zero-order valence-corrected chi connectivity index (χ0v) is 15.1. The molecule has 6 heteroatoms. The number of aromatic nitrogens is 2. The second-order valence-corrected chi connectivity index (χ2v) is 7.02. The van der Waals surface area contributed by atoms with Crippen molar-refractivity contribution in [2.24, 2.45) is 0 Å². The van der Waals surface area contributed by atoms with E-state index in [-0.39, 0.29) is 11.3 Å². The van der Waals surface area contributed by atoms with Crippen molar-refractivity contribution in [2.45, 2.75) is 32.7 Å². The van der Waals surface area contributed by atoms with E-state index in [1.807, 2.05) is 36.4 Å². The van der Waals surface area contributed by atoms with Crippen LogP contribution >= 0.6 is 0 Å². The maximum absolute atomic E-state index is 12.3. The largest absolute Gasteiger partial charge is 0.467 e. The van der Waals surface area contributed by atoms with Crippen molar-refractivity contribution >= 4 is 17.5 Å². The van der Waals surface area contributed by atoms with Gasteiger partial charge in [-0.1, -0.05) is 32.9 Å². The van der Waals surface area contributed by atoms with E-state index in [0.717, 1.165) is 5.76 Å². The van der Waals surface area contributed by atoms with E-state index < -0.39 is 0 Å². The summed E-state index contributed by atoms with van der Waals surface area (Å²) in [7, 11) is 0. The molecule has 3 rings (SSSR count). The molecule has 1 amide bonds. The van der Waals surface area contributed by atoms with Crippen LogP contribution in [0.5, 0.6) is 0 Å². The Hall–Kier alpha value is -3.15. The van der Waals surface area contributed by atoms with E-state index in [4.69, 9.17) is 4.42 Å². The lowest BCUT2D eigenvalue weighted by molar-refractivity contribution is 0.102. The van der Waals surface area contributed by atoms with Crippen LogP contribution in [0.3, 0.4) is 0 Å². The van der Waals surface area contributed by atoms with E-state index in [1.165, 1.54) is 5.56 Å². The zero-order chi connectivity index (χ0) is 18.6. The van der Waals surface area contributed by atoms with Crippen LogP contribution in [0, 0.1) is 0 Å². The number of anilines is 2. The lowest BCUT2D eigenvalue weighted by Gasteiger charge is -2.19. The average Bonchev–Trinajstić information content (AvgIpc) is 3.14. The summed E-state index contributed by atoms with van der Waals surface area (Å²) in [4.78, 5) is 12.3. The molecule has 0 saturated carbocycles. The summed E-state index contributed by atoms with van der Waals surface area (Å²) in [6.45, 7) is 6.94. The van der Waals surface area contributed by atoms with Crippen molar-refractivity contribution in [3.63, 3.8) is 0 Å². The van der Waals surface area contributed by atoms with E-state index >= 15 is 0 Å². The zero-order valence-electron chi connectivity index (χ0n) is 15.1. The predicted molar refractivity (Wildman–Crippen MR) is 101 cm³/mol. The summed E-state index contributed by atoms with van der Waals surface area (Å²) in [6.07, 6.45) is 1.62. The van der Waals surface area contributed by atoms with Crippen molar-refractivity contribution in [1.29, 1.82) is 0 Å². The van der Waals surface area contributed by atoms with Gasteiger partial charge in [0.25, 0.3) is 5.91 Å². The molecule has 0 aliphatic carbocycles. The van der Waals surface area contributed by atoms with Gasteiger partial charge in [0.1, 0.15) is 11.6 Å². The summed E-state index contributed by atoms with van der Waals surface area (Å²) < 4.78 is 5.24. The van der Waals surface area contributed by atoms with Crippen molar-refractivity contribution in [3.05, 3.63) is 71.7 Å². The molecule has 0 radical (unpaired) electrons. The standard InChI is InChI=1S/C20H22N4O2/c1-20(2,3)15-8-6-14(7-9-15)19(25)22-18-11-10-17(23-24-18)21-13-16-5-4-12-26-16/h4-12H,13H2,1-3H3,(H,21,23)(H,22,24,25). The minimum Gasteiger partial charge on any atom is -0.467 e. The molecule has 1 aromatic carbocycles. The van der Waals surface area contributed by atoms with Gasteiger partial charge in [-0.2, -0.15) is 0 Å². The van der Waals surface area contributed by atoms with Crippen LogP contribution in [0.4, 0.5) is 11.6 Å². The molecular weight excluding hydrogens is 328 g/mol. The third kappa shape index (κ3) is 4.47. The van der Waals surface area contributed by atoms with Crippen LogP contribution in [0.25, 0.3) is 0 Å². The second kappa shape index (κ2) is 7.39. The molecule has 2 heterocycles. The number of carbonyl (C=O) groups is 1. The maximum atomic E-state index is 12.3. The first-order valence-corrected chi connectivity index (χ1v) is 8.44. The highest BCUT2D eigenvalue weighted by molar-refractivity contribution is 6.03. The van der Waals surface area contributed by atoms with Gasteiger partial charge in [0.2, 0.25) is 0 Å². The van der Waals surface area contributed by atoms with E-state index in [0.29, 0.717) is 23.7 Å². The second-order valence-electron chi connectivity index (χ2n) is 7.02. The first kappa shape index (κ1) is 17.7. The summed E-state index contributed by atoms with van der Waals surface area (Å²) in [5.41, 5.74) is 1.82. The van der Waals surface area contributed by atoms with Crippen LogP contribution in [-0.4, -0.2) is 16.1 Å². The van der Waals surface area contributed by atoms with Crippen LogP contribution in [0.15, 0.2) is 59.2 Å². The number of carbonyl (C=O) groups excluding carboxylic acids is 1. The first-order valence-electron chi connectivity index (χ1n) is 8.44. The van der Waals surface area contributed by atoms with Crippen molar-refractivity contribution < 1.29 is 9.21 Å². The van der Waals surface area contributed by atoms with Crippen LogP contribution in [0.2, 0.25) is 0 Å². The lowest BCUT2D eigenvalue weighted by atomic mass is 9.87. The Kier molecular flexibility index (Phi) is 5.02. The van der Waals surface area contributed by atoms with Gasteiger partial charge in [-0.05, 0) is 47.4 Å². The van der Waals surface area contributed by atoms with Gasteiger partial charge in [0.15, 0.2) is 5.82 Å². The van der Waals surface area contributed by atoms with Crippen molar-refractivity contribution in [2.75, 3.05) is 10.6 Å². The number of rotatable bonds is 5. The van der Waals surface area contributed by atoms with Crippen LogP contribution in [-0.2, 0) is 12.0 Å². The lowest BCUT2D eigenvalue weighted by Crippen LogP contribution is -2.15. The number of nitrogens with one attached hydrogen (secondary N) is 2. The molecule has 0 unspecified atom stereocenters. The van der Waals surface area contributed by atoms with Gasteiger partial charge in [-0.25, -0.2) is 0 Å². The van der Waals surface area contributed by atoms with Crippen molar-refractivity contribution in [3.8, 4) is 0 Å². The van der Waals surface area contributed by atoms with E-state index in [9.17, 15) is 4.79 Å². The molecule has 0 fully saturated rings. The summed E-state index contributed by atoms with van der Waals surface area (Å²) in [5.74, 6) is 1.60. The smallest absolute Gasteiger partial charge is 0.256 e. The monoisotopic (exact) mass is 350 g/mol. The molecule has 2 N–H and O–H groups in total. The molecule has 0 aliphatic heterocycles. The molecule has 0 atom stereocenters. The summed E-state index contributed by atoms with van der Waals surface area (Å²) in [5, 5.41) is 13.9. The molecule has 134 valence electrons. The molecule has 0 bridgehead atoms. The first-order chi connectivity index (χ1) is 12.4. The normalized spacial score (nSPS) is 11.2. The number of hydrogen-bond acceptors (Lipinski definition) is 5. The minimum absolute atomic E-state index is 0.0545. The molecule has 0 spiro atoms. The Morgan fingerprint density at radius 1 is 1.00 bits per heavy atom. The molecule has 6 nitrogen and oxygen atoms in total. The highest BCUT2D eigenvalue weighted by atomic mass is 16.3. The molecule has 0 saturated heterocycles. The number of hydrogen-bond donors (Lipinski definition) is 2. The molecular formula is C20H22N4O2. The fourth-order valence-electron chi connectivity index (χ4n) is 2.39. The van der Waals surface area contributed by atoms with Crippen LogP contribution < -0.4 is 10.6 Å². The topological polar surface area (TPSA) is 80.0 Å². The van der Waals surface area contributed by atoms with Gasteiger partial charge in [0.05, 0.1) is 12.8 Å². The fourth-order valence-corrected chi connectivity index (χ4v) is 2.39. The van der Waals surface area contributed by atoms with Gasteiger partial charge in [0, 0.05) is 5.56 Å². The van der Waals surface area contributed by atoms with Gasteiger partial charge in [-0.3, -0.25) is 4.79 Å². The number of nitrogens with zero attached hydrogens (tertiary/aromatic N) is 2. The van der Waals surface area contributed by atoms with Crippen LogP contribution in [0.1, 0.15) is 42.5 Å². The van der Waals surface area contributed by atoms with Gasteiger partial charge >= 0.3 is 0 Å². The predicted octanol–water partition coefficient (Wildman–Crippen LogP) is 4.23. The summed E-state index contributed by atoms with van der Waals surface area (Å²) >= 11 is 0. The number of amides is 1. The number of benzene rings is 1. The van der Waals surface area contributed by atoms with E-state index in [1.54, 1.807) is 18.4 Å². The third-order valence-corrected chi connectivity index (χ3v) is 3.94. The fraction of sp³-hybridized carbons (Fsp3) is 0.250. The SMILES string of the molecule is CC(C)(C)c1ccc(C(=O)Nc2ccc(NCc3ccco3)nn2)cc1. The highest BCUT2D eigenvalue weighted by Gasteiger charge is 2.14. The number of furan rings is 1. The summed E-state index contributed by atoms with van der Waals surface area (Å²) in [6, 6.07) is 14.8. The van der Waals surface area contributed by atoms with Gasteiger partial charge < -0.3 is 15.1 Å². The van der Waals surface area contributed by atoms with Gasteiger partial charge in [-0.15, -0.1) is 10.2 Å². The van der Waals surface area contributed by atoms with E-state index in [2.05, 4.69) is 41.6 Å². The molecule has 2 aromatic heterocycles. The molecule has 0 aliphatic rings.